The number of likely N-dealkylation sites (N-methyl/N-ethyl adjacent to an activating group) is 1. The summed E-state index contributed by atoms with van der Waals surface area (Å²) in [4.78, 5) is 31.0. The Morgan fingerprint density at radius 3 is 2.30 bits per heavy atom. The second-order valence-corrected chi connectivity index (χ2v) is 20.4. The number of carbonyl (C=O) groups is 2. The zero-order valence-electron chi connectivity index (χ0n) is 39.9. The monoisotopic (exact) mass is 917 g/mol. The molecule has 3 aliphatic rings. The Kier molecular flexibility index (Phi) is 19.2. The van der Waals surface area contributed by atoms with Gasteiger partial charge in [0.2, 0.25) is 0 Å². The summed E-state index contributed by atoms with van der Waals surface area (Å²) >= 11 is 1.41. The molecule has 3 saturated heterocycles. The van der Waals surface area contributed by atoms with Crippen molar-refractivity contribution < 1.29 is 63.5 Å². The molecule has 0 unspecified atom stereocenters. The van der Waals surface area contributed by atoms with Gasteiger partial charge >= 0.3 is 12.0 Å². The molecule has 63 heavy (non-hydrogen) atoms. The van der Waals surface area contributed by atoms with Crippen molar-refractivity contribution in [2.45, 2.75) is 192 Å². The van der Waals surface area contributed by atoms with Crippen LogP contribution < -0.4 is 10.6 Å². The average molecular weight is 917 g/mol. The lowest BCUT2D eigenvalue weighted by molar-refractivity contribution is -0.318. The molecule has 0 aliphatic carbocycles. The second kappa shape index (κ2) is 22.6. The predicted octanol–water partition coefficient (Wildman–Crippen LogP) is 3.54. The Labute approximate surface area is 379 Å². The number of rotatable bonds is 12. The maximum atomic E-state index is 14.5. The number of cyclic esters (lactones) is 1. The first-order valence-electron chi connectivity index (χ1n) is 22.7. The molecule has 7 N–H and O–H groups in total. The van der Waals surface area contributed by atoms with Crippen molar-refractivity contribution in [3.05, 3.63) is 17.5 Å². The molecule has 3 aliphatic heterocycles. The van der Waals surface area contributed by atoms with Crippen molar-refractivity contribution >= 4 is 28.3 Å². The highest BCUT2D eigenvalue weighted by atomic mass is 32.1. The summed E-state index contributed by atoms with van der Waals surface area (Å²) in [6, 6.07) is 2.33. The molecule has 364 valence electrons. The number of carbonyl (C=O) groups excluding carboxylic acids is 2. The Hall–Kier alpha value is -2.04. The van der Waals surface area contributed by atoms with Crippen LogP contribution in [0.1, 0.15) is 101 Å². The van der Waals surface area contributed by atoms with Gasteiger partial charge in [-0.15, -0.1) is 11.3 Å². The van der Waals surface area contributed by atoms with Crippen molar-refractivity contribution in [2.75, 3.05) is 46.2 Å². The maximum absolute atomic E-state index is 14.5. The number of aliphatic hydroxyl groups excluding tert-OH is 3. The lowest BCUT2D eigenvalue weighted by Crippen LogP contribution is -2.60. The number of anilines is 1. The highest BCUT2D eigenvalue weighted by Crippen LogP contribution is 2.40. The van der Waals surface area contributed by atoms with E-state index in [1.807, 2.05) is 62.2 Å². The number of nitrogens with zero attached hydrogens (tertiary/aromatic N) is 2. The normalized spacial score (nSPS) is 42.8. The molecule has 0 radical (unpaired) electrons. The number of methoxy groups -OCH3 is 1. The average Bonchev–Trinajstić information content (AvgIpc) is 3.73. The van der Waals surface area contributed by atoms with Crippen LogP contribution in [0.5, 0.6) is 0 Å². The third kappa shape index (κ3) is 13.3. The number of aliphatic hydroxyl groups is 5. The maximum Gasteiger partial charge on any atom is 0.319 e. The van der Waals surface area contributed by atoms with E-state index in [9.17, 15) is 35.1 Å². The van der Waals surface area contributed by atoms with Gasteiger partial charge in [-0.1, -0.05) is 20.8 Å². The topological polar surface area (TPSA) is 221 Å². The summed E-state index contributed by atoms with van der Waals surface area (Å²) in [6.45, 7) is 18.6. The van der Waals surface area contributed by atoms with Crippen LogP contribution in [0, 0.1) is 17.8 Å². The fraction of sp³-hybridized carbons (Fsp3) is 0.867. The van der Waals surface area contributed by atoms with Gasteiger partial charge in [-0.2, -0.15) is 0 Å². The number of esters is 1. The molecule has 3 fully saturated rings. The molecule has 0 aromatic carbocycles. The fourth-order valence-corrected chi connectivity index (χ4v) is 10.5. The summed E-state index contributed by atoms with van der Waals surface area (Å²) in [7, 11) is 5.25. The fourth-order valence-electron chi connectivity index (χ4n) is 9.89. The molecule has 18 heteroatoms. The smallest absolute Gasteiger partial charge is 0.319 e. The molecule has 1 aromatic heterocycles. The number of nitrogens with one attached hydrogen (secondary N) is 2. The molecule has 2 amide bonds. The highest BCUT2D eigenvalue weighted by Gasteiger charge is 2.53. The largest absolute Gasteiger partial charge is 0.459 e. The second-order valence-electron chi connectivity index (χ2n) is 19.4. The van der Waals surface area contributed by atoms with Crippen LogP contribution in [0.4, 0.5) is 9.80 Å². The standard InChI is InChI=1S/C45H80N4O13S/c1-14-32-45(10,56)37(51)29(6)49(19-16-18-46-42(54)47-33-17-15-20-63-33)24-25(2)22-43(8,55)39(62-41-35(50)31(48(11)12)21-26(3)58-41)27(4)36(28(5)40(53)60-32)61-34-23-44(9,57-13)38(52)30(7)59-34/h15,17,20,25-32,34-39,41,50-52,55-56H,14,16,18-19,21-24H2,1-13H3,(H2,46,47,54)/t25-,26-,27+,28-,29-,30+,31+,32-,34+,35-,36+,37-,38+,39-,41+,43-,44-,45-/m1/s1. The van der Waals surface area contributed by atoms with Gasteiger partial charge in [0.1, 0.15) is 30.0 Å². The number of thiophene rings is 1. The predicted molar refractivity (Wildman–Crippen MR) is 239 cm³/mol. The van der Waals surface area contributed by atoms with Crippen LogP contribution in [0.2, 0.25) is 0 Å². The first-order chi connectivity index (χ1) is 29.4. The van der Waals surface area contributed by atoms with Gasteiger partial charge in [-0.05, 0) is 112 Å². The SMILES string of the molecule is CC[C@H]1OC(=O)[C@H](C)[C@@H](O[C@H]2C[C@@](C)(OC)[C@@H](O)[C@H](C)O2)[C@H](C)[C@@H](O[C@@H]2O[C@H](C)C[C@H](N(C)C)[C@H]2O)[C@](C)(O)C[C@@H](C)CN(CCCNC(=O)Nc2cccs2)[C@H](C)[C@@H](O)[C@]1(C)O. The third-order valence-corrected chi connectivity index (χ3v) is 14.5. The van der Waals surface area contributed by atoms with Gasteiger partial charge in [-0.3, -0.25) is 15.0 Å². The lowest BCUT2D eigenvalue weighted by Gasteiger charge is -2.48. The molecule has 18 atom stereocenters. The van der Waals surface area contributed by atoms with Gasteiger partial charge in [0.05, 0.1) is 46.5 Å². The van der Waals surface area contributed by atoms with Crippen LogP contribution in [-0.4, -0.2) is 178 Å². The summed E-state index contributed by atoms with van der Waals surface area (Å²) in [6.07, 6.45) is -8.45. The zero-order valence-corrected chi connectivity index (χ0v) is 40.7. The van der Waals surface area contributed by atoms with Crippen LogP contribution in [0.25, 0.3) is 0 Å². The van der Waals surface area contributed by atoms with E-state index in [-0.39, 0.29) is 43.4 Å². The van der Waals surface area contributed by atoms with E-state index in [1.54, 1.807) is 41.5 Å². The van der Waals surface area contributed by atoms with Gasteiger partial charge in [0.15, 0.2) is 12.6 Å². The number of hydrogen-bond donors (Lipinski definition) is 7. The van der Waals surface area contributed by atoms with Crippen LogP contribution in [-0.2, 0) is 33.2 Å². The minimum atomic E-state index is -1.91. The Balaban J connectivity index is 1.76. The molecule has 0 saturated carbocycles. The Bertz CT molecular complexity index is 1570. The molecule has 4 heterocycles. The quantitative estimate of drug-likeness (QED) is 0.118. The molecule has 0 spiro atoms. The van der Waals surface area contributed by atoms with Crippen molar-refractivity contribution in [2.24, 2.45) is 17.8 Å². The van der Waals surface area contributed by atoms with Crippen molar-refractivity contribution in [3.8, 4) is 0 Å². The molecule has 4 rings (SSSR count). The molecule has 0 bridgehead atoms. The number of hydrogen-bond acceptors (Lipinski definition) is 16. The van der Waals surface area contributed by atoms with Gasteiger partial charge in [0.25, 0.3) is 0 Å². The number of amides is 2. The van der Waals surface area contributed by atoms with E-state index in [0.29, 0.717) is 32.5 Å². The van der Waals surface area contributed by atoms with Gasteiger partial charge < -0.3 is 64.2 Å². The lowest BCUT2D eigenvalue weighted by atomic mass is 9.77. The molecular weight excluding hydrogens is 837 g/mol. The van der Waals surface area contributed by atoms with E-state index in [4.69, 9.17) is 28.4 Å². The minimum Gasteiger partial charge on any atom is -0.459 e. The molecule has 1 aromatic rings. The zero-order chi connectivity index (χ0) is 47.2. The van der Waals surface area contributed by atoms with Crippen LogP contribution in [0.3, 0.4) is 0 Å². The van der Waals surface area contributed by atoms with E-state index in [2.05, 4.69) is 10.6 Å². The number of ether oxygens (including phenoxy) is 6. The Morgan fingerprint density at radius 1 is 1.02 bits per heavy atom. The first kappa shape index (κ1) is 53.6. The number of urea groups is 1. The summed E-state index contributed by atoms with van der Waals surface area (Å²) in [5.74, 6) is -2.85. The highest BCUT2D eigenvalue weighted by molar-refractivity contribution is 7.14. The Morgan fingerprint density at radius 2 is 1.70 bits per heavy atom. The van der Waals surface area contributed by atoms with E-state index < -0.39 is 96.0 Å². The van der Waals surface area contributed by atoms with Crippen molar-refractivity contribution in [1.29, 1.82) is 0 Å². The van der Waals surface area contributed by atoms with Crippen molar-refractivity contribution in [1.82, 2.24) is 15.1 Å². The first-order valence-corrected chi connectivity index (χ1v) is 23.6. The van der Waals surface area contributed by atoms with Crippen molar-refractivity contribution in [3.63, 3.8) is 0 Å². The van der Waals surface area contributed by atoms with E-state index >= 15 is 0 Å². The van der Waals surface area contributed by atoms with Crippen LogP contribution >= 0.6 is 11.3 Å². The van der Waals surface area contributed by atoms with Crippen LogP contribution in [0.15, 0.2) is 17.5 Å². The van der Waals surface area contributed by atoms with Gasteiger partial charge in [0, 0.05) is 51.2 Å². The molecule has 17 nitrogen and oxygen atoms in total. The van der Waals surface area contributed by atoms with E-state index in [1.165, 1.54) is 25.4 Å². The third-order valence-electron chi connectivity index (χ3n) is 13.7. The molecular formula is C45H80N4O13S. The summed E-state index contributed by atoms with van der Waals surface area (Å²) < 4.78 is 38.0. The van der Waals surface area contributed by atoms with Gasteiger partial charge in [-0.25, -0.2) is 4.79 Å². The van der Waals surface area contributed by atoms with E-state index in [0.717, 1.165) is 5.00 Å². The summed E-state index contributed by atoms with van der Waals surface area (Å²) in [5, 5.41) is 67.9. The minimum absolute atomic E-state index is 0.104. The summed E-state index contributed by atoms with van der Waals surface area (Å²) in [5.41, 5.74) is -4.61.